The maximum Gasteiger partial charge on any atom is 0.180 e. The van der Waals surface area contributed by atoms with Gasteiger partial charge in [-0.1, -0.05) is 30.9 Å². The monoisotopic (exact) mass is 279 g/mol. The number of ketones is 1. The fraction of sp³-hybridized carbons (Fsp3) is 0.118. The van der Waals surface area contributed by atoms with E-state index in [0.717, 1.165) is 5.70 Å². The van der Waals surface area contributed by atoms with Gasteiger partial charge in [0.2, 0.25) is 0 Å². The molecule has 4 heteroatoms. The summed E-state index contributed by atoms with van der Waals surface area (Å²) in [5.41, 5.74) is 5.06. The Balaban J connectivity index is 3.08. The van der Waals surface area contributed by atoms with Gasteiger partial charge in [-0.2, -0.15) is 10.4 Å². The second-order valence-corrected chi connectivity index (χ2v) is 4.18. The summed E-state index contributed by atoms with van der Waals surface area (Å²) in [6.07, 6.45) is 7.06. The first kappa shape index (κ1) is 16.1. The number of hydrogen-bond donors (Lipinski definition) is 1. The van der Waals surface area contributed by atoms with Crippen molar-refractivity contribution in [2.75, 3.05) is 0 Å². The van der Waals surface area contributed by atoms with Crippen molar-refractivity contribution in [3.8, 4) is 6.07 Å². The molecule has 0 saturated heterocycles. The molecule has 4 nitrogen and oxygen atoms in total. The first-order valence-electron chi connectivity index (χ1n) is 6.43. The number of allylic oxidation sites excluding steroid dienone is 4. The lowest BCUT2D eigenvalue weighted by Crippen LogP contribution is -2.17. The molecular formula is C17H17N3O. The largest absolute Gasteiger partial charge is 0.293 e. The van der Waals surface area contributed by atoms with E-state index in [1.165, 1.54) is 6.92 Å². The number of nitrogens with one attached hydrogen (secondary N) is 1. The van der Waals surface area contributed by atoms with Gasteiger partial charge in [-0.05, 0) is 31.2 Å². The number of benzene rings is 1. The Labute approximate surface area is 124 Å². The van der Waals surface area contributed by atoms with Crippen LogP contribution in [0.2, 0.25) is 0 Å². The van der Waals surface area contributed by atoms with Gasteiger partial charge in [0.15, 0.2) is 5.78 Å². The molecule has 0 bridgehead atoms. The number of hydrogen-bond acceptors (Lipinski definition) is 4. The van der Waals surface area contributed by atoms with Gasteiger partial charge in [0, 0.05) is 12.5 Å². The number of hydrazone groups is 1. The highest BCUT2D eigenvalue weighted by atomic mass is 16.1. The third kappa shape index (κ3) is 4.92. The van der Waals surface area contributed by atoms with E-state index in [1.54, 1.807) is 36.4 Å². The fourth-order valence-corrected chi connectivity index (χ4v) is 1.61. The molecular weight excluding hydrogens is 262 g/mol. The first-order chi connectivity index (χ1) is 10.1. The molecule has 0 aliphatic heterocycles. The molecule has 0 fully saturated rings. The topological polar surface area (TPSA) is 65.2 Å². The Kier molecular flexibility index (Phi) is 6.36. The molecule has 1 aromatic rings. The van der Waals surface area contributed by atoms with Crippen molar-refractivity contribution in [2.45, 2.75) is 13.8 Å². The van der Waals surface area contributed by atoms with Crippen LogP contribution in [-0.4, -0.2) is 11.5 Å². The van der Waals surface area contributed by atoms with E-state index in [0.29, 0.717) is 16.8 Å². The van der Waals surface area contributed by atoms with Gasteiger partial charge in [0.1, 0.15) is 5.71 Å². The summed E-state index contributed by atoms with van der Waals surface area (Å²) in [7, 11) is 0. The van der Waals surface area contributed by atoms with E-state index < -0.39 is 0 Å². The van der Waals surface area contributed by atoms with Crippen LogP contribution in [0, 0.1) is 11.3 Å². The Bertz CT molecular complexity index is 644. The zero-order chi connectivity index (χ0) is 15.7. The maximum absolute atomic E-state index is 11.7. The minimum absolute atomic E-state index is 0.161. The summed E-state index contributed by atoms with van der Waals surface area (Å²) in [5, 5.41) is 12.9. The molecule has 0 aromatic heterocycles. The van der Waals surface area contributed by atoms with Crippen LogP contribution >= 0.6 is 0 Å². The third-order valence-electron chi connectivity index (χ3n) is 2.56. The van der Waals surface area contributed by atoms with Gasteiger partial charge >= 0.3 is 0 Å². The van der Waals surface area contributed by atoms with Gasteiger partial charge in [-0.3, -0.25) is 10.2 Å². The second-order valence-electron chi connectivity index (χ2n) is 4.18. The predicted octanol–water partition coefficient (Wildman–Crippen LogP) is 3.09. The highest BCUT2D eigenvalue weighted by Crippen LogP contribution is 2.06. The molecule has 106 valence electrons. The average molecular weight is 279 g/mol. The molecule has 0 heterocycles. The summed E-state index contributed by atoms with van der Waals surface area (Å²) in [6, 6.07) is 8.75. The highest BCUT2D eigenvalue weighted by molar-refractivity contribution is 6.45. The van der Waals surface area contributed by atoms with E-state index in [4.69, 9.17) is 5.26 Å². The molecule has 0 radical (unpaired) electrons. The van der Waals surface area contributed by atoms with Gasteiger partial charge in [-0.15, -0.1) is 0 Å². The number of Topliss-reactive ketones (excluding diaryl/α,β-unsaturated/α-hetero) is 1. The zero-order valence-corrected chi connectivity index (χ0v) is 12.1. The summed E-state index contributed by atoms with van der Waals surface area (Å²) < 4.78 is 0. The number of nitriles is 1. The average Bonchev–Trinajstić information content (AvgIpc) is 2.48. The molecule has 0 spiro atoms. The van der Waals surface area contributed by atoms with Gasteiger partial charge in [0.25, 0.3) is 0 Å². The summed E-state index contributed by atoms with van der Waals surface area (Å²) >= 11 is 0. The molecule has 21 heavy (non-hydrogen) atoms. The number of rotatable bonds is 6. The second kappa shape index (κ2) is 8.28. The van der Waals surface area contributed by atoms with E-state index in [2.05, 4.69) is 17.1 Å². The molecule has 0 amide bonds. The van der Waals surface area contributed by atoms with Crippen LogP contribution in [-0.2, 0) is 4.79 Å². The lowest BCUT2D eigenvalue weighted by molar-refractivity contribution is -0.111. The molecule has 0 saturated carbocycles. The smallest absolute Gasteiger partial charge is 0.180 e. The predicted molar refractivity (Wildman–Crippen MR) is 84.6 cm³/mol. The van der Waals surface area contributed by atoms with Gasteiger partial charge in [0.05, 0.1) is 17.3 Å². The molecule has 0 aliphatic carbocycles. The Morgan fingerprint density at radius 1 is 1.38 bits per heavy atom. The van der Waals surface area contributed by atoms with Crippen molar-refractivity contribution in [3.05, 3.63) is 72.0 Å². The van der Waals surface area contributed by atoms with Crippen molar-refractivity contribution in [1.82, 2.24) is 5.43 Å². The molecule has 0 aliphatic rings. The van der Waals surface area contributed by atoms with Crippen molar-refractivity contribution in [1.29, 1.82) is 5.26 Å². The standard InChI is InChI=1S/C17H17N3O/c1-4-6-16(7-5-2)19-20-17(13(3)21)15-10-8-14(12-18)9-11-15/h4-11,19H,1H2,2-3H3/b7-5-,16-6+,20-17+. The number of carbonyl (C=O) groups excluding carboxylic acids is 1. The molecule has 1 rings (SSSR count). The maximum atomic E-state index is 11.7. The van der Waals surface area contributed by atoms with E-state index in [1.807, 2.05) is 25.1 Å². The zero-order valence-electron chi connectivity index (χ0n) is 12.1. The fourth-order valence-electron chi connectivity index (χ4n) is 1.61. The van der Waals surface area contributed by atoms with Crippen molar-refractivity contribution in [3.63, 3.8) is 0 Å². The Morgan fingerprint density at radius 2 is 2.05 bits per heavy atom. The quantitative estimate of drug-likeness (QED) is 0.494. The molecule has 0 unspecified atom stereocenters. The van der Waals surface area contributed by atoms with Crippen molar-refractivity contribution >= 4 is 11.5 Å². The highest BCUT2D eigenvalue weighted by Gasteiger charge is 2.09. The van der Waals surface area contributed by atoms with Crippen LogP contribution in [0.25, 0.3) is 0 Å². The number of nitrogens with zero attached hydrogens (tertiary/aromatic N) is 2. The number of carbonyl (C=O) groups is 1. The van der Waals surface area contributed by atoms with Crippen LogP contribution in [0.3, 0.4) is 0 Å². The van der Waals surface area contributed by atoms with Crippen LogP contribution in [0.1, 0.15) is 25.0 Å². The van der Waals surface area contributed by atoms with Crippen LogP contribution in [0.15, 0.2) is 65.9 Å². The Hall–Kier alpha value is -2.93. The van der Waals surface area contributed by atoms with Crippen molar-refractivity contribution < 1.29 is 4.79 Å². The SMILES string of the molecule is C=C/C=C(\C=C/C)N/N=C(\C(C)=O)c1ccc(C#N)cc1. The Morgan fingerprint density at radius 3 is 2.52 bits per heavy atom. The lowest BCUT2D eigenvalue weighted by Gasteiger charge is -2.05. The van der Waals surface area contributed by atoms with E-state index >= 15 is 0 Å². The van der Waals surface area contributed by atoms with E-state index in [-0.39, 0.29) is 5.78 Å². The van der Waals surface area contributed by atoms with Crippen LogP contribution < -0.4 is 5.43 Å². The van der Waals surface area contributed by atoms with Crippen molar-refractivity contribution in [2.24, 2.45) is 5.10 Å². The van der Waals surface area contributed by atoms with Crippen LogP contribution in [0.5, 0.6) is 0 Å². The van der Waals surface area contributed by atoms with Gasteiger partial charge < -0.3 is 0 Å². The first-order valence-corrected chi connectivity index (χ1v) is 6.43. The minimum atomic E-state index is -0.161. The summed E-state index contributed by atoms with van der Waals surface area (Å²) in [6.45, 7) is 6.96. The normalized spacial score (nSPS) is 12.0. The minimum Gasteiger partial charge on any atom is -0.293 e. The third-order valence-corrected chi connectivity index (χ3v) is 2.56. The summed E-state index contributed by atoms with van der Waals surface area (Å²) in [4.78, 5) is 11.7. The molecule has 0 atom stereocenters. The van der Waals surface area contributed by atoms with E-state index in [9.17, 15) is 4.79 Å². The summed E-state index contributed by atoms with van der Waals surface area (Å²) in [5.74, 6) is -0.161. The lowest BCUT2D eigenvalue weighted by atomic mass is 10.1. The molecule has 1 N–H and O–H groups in total. The molecule has 1 aromatic carbocycles. The van der Waals surface area contributed by atoms with Crippen LogP contribution in [0.4, 0.5) is 0 Å². The van der Waals surface area contributed by atoms with Gasteiger partial charge in [-0.25, -0.2) is 0 Å².